The molecule has 0 bridgehead atoms. The Labute approximate surface area is 256 Å². The Morgan fingerprint density at radius 3 is 2.30 bits per heavy atom. The number of hydrogen-bond donors (Lipinski definition) is 0. The lowest BCUT2D eigenvalue weighted by Gasteiger charge is -2.26. The summed E-state index contributed by atoms with van der Waals surface area (Å²) in [6.07, 6.45) is 7.75. The van der Waals surface area contributed by atoms with Crippen LogP contribution in [0.5, 0.6) is 0 Å². The van der Waals surface area contributed by atoms with E-state index in [9.17, 15) is 10.1 Å². The number of nitriles is 1. The first-order valence-corrected chi connectivity index (χ1v) is 15.4. The van der Waals surface area contributed by atoms with Crippen LogP contribution in [0.15, 0.2) is 54.6 Å². The van der Waals surface area contributed by atoms with Gasteiger partial charge in [0, 0.05) is 64.6 Å². The second-order valence-corrected chi connectivity index (χ2v) is 12.0. The van der Waals surface area contributed by atoms with Gasteiger partial charge in [0.15, 0.2) is 0 Å². The van der Waals surface area contributed by atoms with Crippen molar-refractivity contribution in [2.24, 2.45) is 0 Å². The number of carbonyl (C=O) groups excluding carboxylic acids is 1. The molecule has 2 aliphatic heterocycles. The first-order chi connectivity index (χ1) is 20.9. The number of likely N-dealkylation sites (N-methyl/N-ethyl adjacent to an activating group) is 2. The van der Waals surface area contributed by atoms with Crippen molar-refractivity contribution in [2.45, 2.75) is 31.6 Å². The van der Waals surface area contributed by atoms with E-state index in [0.29, 0.717) is 17.7 Å². The highest BCUT2D eigenvalue weighted by Gasteiger charge is 2.25. The molecule has 2 fully saturated rings. The van der Waals surface area contributed by atoms with Gasteiger partial charge in [-0.05, 0) is 93.1 Å². The van der Waals surface area contributed by atoms with Crippen molar-refractivity contribution in [2.75, 3.05) is 80.7 Å². The number of nitrogens with zero attached hydrogens (tertiary/aromatic N) is 5. The first kappa shape index (κ1) is 31.1. The molecule has 2 aromatic rings. The van der Waals surface area contributed by atoms with Crippen molar-refractivity contribution in [3.8, 4) is 17.2 Å². The molecule has 8 heteroatoms. The highest BCUT2D eigenvalue weighted by molar-refractivity contribution is 5.98. The van der Waals surface area contributed by atoms with Crippen LogP contribution in [0.2, 0.25) is 0 Å². The van der Waals surface area contributed by atoms with Gasteiger partial charge in [0.1, 0.15) is 12.2 Å². The van der Waals surface area contributed by atoms with Gasteiger partial charge in [0.05, 0.1) is 11.6 Å². The van der Waals surface area contributed by atoms with Gasteiger partial charge in [-0.2, -0.15) is 5.26 Å². The first-order valence-electron chi connectivity index (χ1n) is 15.4. The van der Waals surface area contributed by atoms with Gasteiger partial charge in [0.25, 0.3) is 5.91 Å². The Morgan fingerprint density at radius 1 is 0.837 bits per heavy atom. The maximum absolute atomic E-state index is 13.7. The van der Waals surface area contributed by atoms with Crippen molar-refractivity contribution in [1.82, 2.24) is 19.6 Å². The molecule has 0 saturated carbocycles. The predicted octanol–water partition coefficient (Wildman–Crippen LogP) is 4.12. The van der Waals surface area contributed by atoms with Crippen LogP contribution in [0.1, 0.15) is 39.9 Å². The van der Waals surface area contributed by atoms with Crippen LogP contribution in [0.4, 0.5) is 0 Å². The van der Waals surface area contributed by atoms with Crippen LogP contribution in [0.25, 0.3) is 16.7 Å². The molecule has 2 aromatic carbocycles. The summed E-state index contributed by atoms with van der Waals surface area (Å²) in [4.78, 5) is 22.8. The summed E-state index contributed by atoms with van der Waals surface area (Å²) < 4.78 is 11.4. The van der Waals surface area contributed by atoms with E-state index in [1.54, 1.807) is 14.2 Å². The van der Waals surface area contributed by atoms with Gasteiger partial charge < -0.3 is 24.2 Å². The quantitative estimate of drug-likeness (QED) is 0.486. The Bertz CT molecular complexity index is 1400. The van der Waals surface area contributed by atoms with E-state index in [0.717, 1.165) is 93.0 Å². The lowest BCUT2D eigenvalue weighted by molar-refractivity contribution is 0.0144. The minimum absolute atomic E-state index is 0.0421. The third kappa shape index (κ3) is 7.43. The normalized spacial score (nSPS) is 22.5. The van der Waals surface area contributed by atoms with Crippen molar-refractivity contribution < 1.29 is 14.3 Å². The van der Waals surface area contributed by atoms with Crippen molar-refractivity contribution in [3.05, 3.63) is 76.9 Å². The van der Waals surface area contributed by atoms with E-state index < -0.39 is 0 Å². The molecule has 0 spiro atoms. The van der Waals surface area contributed by atoms with Gasteiger partial charge in [-0.1, -0.05) is 30.4 Å². The maximum Gasteiger partial charge on any atom is 0.253 e. The Hall–Kier alpha value is -3.32. The van der Waals surface area contributed by atoms with Gasteiger partial charge in [-0.25, -0.2) is 0 Å². The van der Waals surface area contributed by atoms with Crippen LogP contribution in [0, 0.1) is 11.3 Å². The Kier molecular flexibility index (Phi) is 10.4. The molecule has 0 aromatic heterocycles. The molecule has 1 aliphatic carbocycles. The number of allylic oxidation sites excluding steroid dienone is 2. The zero-order valence-electron chi connectivity index (χ0n) is 26.1. The molecule has 2 saturated heterocycles. The van der Waals surface area contributed by atoms with Crippen LogP contribution < -0.4 is 0 Å². The number of hydrogen-bond acceptors (Lipinski definition) is 7. The minimum Gasteiger partial charge on any atom is -0.374 e. The summed E-state index contributed by atoms with van der Waals surface area (Å²) in [6.45, 7) is 8.41. The summed E-state index contributed by atoms with van der Waals surface area (Å²) in [5, 5.41) is 10.3. The summed E-state index contributed by atoms with van der Waals surface area (Å²) in [7, 11) is 7.63. The SMILES string of the molecule is COC1C=CC(c2cc(C(=O)N3CCCN(C)CC3)ccc2-c2ccc(CN3CCCN(C)CC3)cc2C#N)=CC1OC. The molecule has 228 valence electrons. The second kappa shape index (κ2) is 14.4. The fraction of sp³-hybridized carbons (Fsp3) is 0.486. The van der Waals surface area contributed by atoms with Crippen molar-refractivity contribution in [3.63, 3.8) is 0 Å². The zero-order chi connectivity index (χ0) is 30.3. The topological polar surface area (TPSA) is 72.3 Å². The van der Waals surface area contributed by atoms with E-state index in [1.165, 1.54) is 0 Å². The molecule has 1 amide bonds. The molecule has 5 rings (SSSR count). The standard InChI is InChI=1S/C35H45N5O3/c1-37-13-5-15-39(19-17-37)25-26-7-10-30(29(21-26)24-36)31-11-8-28(35(41)40-16-6-14-38(2)18-20-40)22-32(31)27-9-12-33(42-3)34(23-27)43-4/h7-12,21-23,33-34H,5-6,13-20,25H2,1-4H3. The summed E-state index contributed by atoms with van der Waals surface area (Å²) >= 11 is 0. The summed E-state index contributed by atoms with van der Waals surface area (Å²) in [6, 6.07) is 14.6. The molecule has 0 radical (unpaired) electrons. The van der Waals surface area contributed by atoms with E-state index in [1.807, 2.05) is 41.3 Å². The molecular weight excluding hydrogens is 538 g/mol. The Balaban J connectivity index is 1.51. The molecule has 2 heterocycles. The lowest BCUT2D eigenvalue weighted by atomic mass is 9.87. The van der Waals surface area contributed by atoms with Crippen molar-refractivity contribution >= 4 is 11.5 Å². The predicted molar refractivity (Wildman–Crippen MR) is 171 cm³/mol. The van der Waals surface area contributed by atoms with E-state index in [-0.39, 0.29) is 18.1 Å². The van der Waals surface area contributed by atoms with Crippen molar-refractivity contribution in [1.29, 1.82) is 5.26 Å². The number of methoxy groups -OCH3 is 2. The van der Waals surface area contributed by atoms with Crippen LogP contribution in [-0.4, -0.2) is 118 Å². The third-order valence-corrected chi connectivity index (χ3v) is 8.97. The molecule has 0 N–H and O–H groups in total. The molecule has 8 nitrogen and oxygen atoms in total. The minimum atomic E-state index is -0.260. The monoisotopic (exact) mass is 583 g/mol. The summed E-state index contributed by atoms with van der Waals surface area (Å²) in [5.74, 6) is 0.0421. The van der Waals surface area contributed by atoms with Crippen LogP contribution in [0.3, 0.4) is 0 Å². The smallest absolute Gasteiger partial charge is 0.253 e. The lowest BCUT2D eigenvalue weighted by Crippen LogP contribution is -2.34. The largest absolute Gasteiger partial charge is 0.374 e. The number of carbonyl (C=O) groups is 1. The molecule has 2 unspecified atom stereocenters. The average Bonchev–Trinajstić information content (AvgIpc) is 3.39. The van der Waals surface area contributed by atoms with E-state index in [4.69, 9.17) is 9.47 Å². The number of ether oxygens (including phenoxy) is 2. The highest BCUT2D eigenvalue weighted by atomic mass is 16.5. The average molecular weight is 584 g/mol. The van der Waals surface area contributed by atoms with Gasteiger partial charge in [-0.3, -0.25) is 9.69 Å². The van der Waals surface area contributed by atoms with Gasteiger partial charge in [-0.15, -0.1) is 0 Å². The number of benzene rings is 2. The van der Waals surface area contributed by atoms with Gasteiger partial charge >= 0.3 is 0 Å². The molecule has 3 aliphatic rings. The molecule has 43 heavy (non-hydrogen) atoms. The Morgan fingerprint density at radius 2 is 1.56 bits per heavy atom. The number of rotatable bonds is 7. The van der Waals surface area contributed by atoms with E-state index >= 15 is 0 Å². The summed E-state index contributed by atoms with van der Waals surface area (Å²) in [5.41, 5.74) is 6.08. The zero-order valence-corrected chi connectivity index (χ0v) is 26.1. The number of amides is 1. The third-order valence-electron chi connectivity index (χ3n) is 8.97. The fourth-order valence-corrected chi connectivity index (χ4v) is 6.35. The molecular formula is C35H45N5O3. The highest BCUT2D eigenvalue weighted by Crippen LogP contribution is 2.36. The fourth-order valence-electron chi connectivity index (χ4n) is 6.35. The van der Waals surface area contributed by atoms with Crippen LogP contribution in [-0.2, 0) is 16.0 Å². The maximum atomic E-state index is 13.7. The van der Waals surface area contributed by atoms with E-state index in [2.05, 4.69) is 53.1 Å². The molecule has 2 atom stereocenters. The van der Waals surface area contributed by atoms with Crippen LogP contribution >= 0.6 is 0 Å². The van der Waals surface area contributed by atoms with Gasteiger partial charge in [0.2, 0.25) is 0 Å². The second-order valence-electron chi connectivity index (χ2n) is 12.0.